The molecule has 140 valence electrons. The normalized spacial score (nSPS) is 23.1. The average molecular weight is 381 g/mol. The molecule has 0 N–H and O–H groups in total. The maximum absolute atomic E-state index is 6.78. The molecule has 1 aliphatic heterocycles. The van der Waals surface area contributed by atoms with E-state index in [1.807, 2.05) is 0 Å². The number of benzene rings is 1. The smallest absolute Gasteiger partial charge is 0.181 e. The second-order valence-electron chi connectivity index (χ2n) is 8.20. The van der Waals surface area contributed by atoms with Gasteiger partial charge in [-0.3, -0.25) is 4.40 Å². The molecular weight excluding hydrogens is 356 g/mol. The van der Waals surface area contributed by atoms with Crippen LogP contribution in [0.4, 0.5) is 5.69 Å². The van der Waals surface area contributed by atoms with Crippen LogP contribution in [0.15, 0.2) is 42.6 Å². The van der Waals surface area contributed by atoms with E-state index in [0.29, 0.717) is 11.8 Å². The Hall–Kier alpha value is -2.07. The van der Waals surface area contributed by atoms with Gasteiger partial charge in [-0.05, 0) is 48.6 Å². The van der Waals surface area contributed by atoms with Gasteiger partial charge >= 0.3 is 0 Å². The van der Waals surface area contributed by atoms with Gasteiger partial charge in [-0.15, -0.1) is 10.2 Å². The number of hydrogen-bond acceptors (Lipinski definition) is 3. The molecule has 1 aliphatic carbocycles. The summed E-state index contributed by atoms with van der Waals surface area (Å²) in [6.07, 6.45) is 6.88. The fraction of sp³-hybridized carbons (Fsp3) is 0.455. The van der Waals surface area contributed by atoms with E-state index in [1.54, 1.807) is 0 Å². The third-order valence-electron chi connectivity index (χ3n) is 6.21. The Labute approximate surface area is 165 Å². The zero-order valence-corrected chi connectivity index (χ0v) is 16.4. The van der Waals surface area contributed by atoms with Crippen LogP contribution in [0.25, 0.3) is 5.65 Å². The summed E-state index contributed by atoms with van der Waals surface area (Å²) in [6.45, 7) is 4.38. The molecule has 2 aromatic heterocycles. The summed E-state index contributed by atoms with van der Waals surface area (Å²) in [7, 11) is 0. The van der Waals surface area contributed by atoms with E-state index in [2.05, 4.69) is 69.0 Å². The molecular formula is C22H25ClN4. The lowest BCUT2D eigenvalue weighted by Gasteiger charge is -2.39. The van der Waals surface area contributed by atoms with Crippen LogP contribution < -0.4 is 4.90 Å². The number of pyridine rings is 1. The van der Waals surface area contributed by atoms with E-state index in [0.717, 1.165) is 54.0 Å². The third kappa shape index (κ3) is 3.20. The second-order valence-corrected chi connectivity index (χ2v) is 8.58. The molecule has 0 unspecified atom stereocenters. The van der Waals surface area contributed by atoms with Crippen LogP contribution in [0.5, 0.6) is 0 Å². The zero-order chi connectivity index (χ0) is 18.4. The van der Waals surface area contributed by atoms with Crippen LogP contribution in [0.3, 0.4) is 0 Å². The van der Waals surface area contributed by atoms with Gasteiger partial charge in [0.05, 0.1) is 5.69 Å². The molecule has 2 fully saturated rings. The average Bonchev–Trinajstić information content (AvgIpc) is 3.41. The van der Waals surface area contributed by atoms with Crippen molar-refractivity contribution in [3.05, 3.63) is 59.0 Å². The quantitative estimate of drug-likeness (QED) is 0.641. The summed E-state index contributed by atoms with van der Waals surface area (Å²) < 4.78 is 2.07. The van der Waals surface area contributed by atoms with E-state index in [4.69, 9.17) is 11.6 Å². The summed E-state index contributed by atoms with van der Waals surface area (Å²) in [5, 5.41) is 9.52. The van der Waals surface area contributed by atoms with Gasteiger partial charge in [-0.1, -0.05) is 48.9 Å². The van der Waals surface area contributed by atoms with Gasteiger partial charge in [-0.2, -0.15) is 0 Å². The second kappa shape index (κ2) is 6.83. The van der Waals surface area contributed by atoms with Crippen LogP contribution in [0.2, 0.25) is 5.02 Å². The number of aromatic nitrogens is 3. The van der Waals surface area contributed by atoms with Gasteiger partial charge < -0.3 is 4.90 Å². The Morgan fingerprint density at radius 2 is 1.89 bits per heavy atom. The number of piperidine rings is 1. The van der Waals surface area contributed by atoms with E-state index >= 15 is 0 Å². The van der Waals surface area contributed by atoms with Crippen molar-refractivity contribution in [1.29, 1.82) is 0 Å². The van der Waals surface area contributed by atoms with E-state index in [-0.39, 0.29) is 0 Å². The number of nitrogens with zero attached hydrogens (tertiary/aromatic N) is 4. The molecule has 3 heterocycles. The highest BCUT2D eigenvalue weighted by molar-refractivity contribution is 6.36. The Morgan fingerprint density at radius 3 is 2.63 bits per heavy atom. The first-order chi connectivity index (χ1) is 13.2. The summed E-state index contributed by atoms with van der Waals surface area (Å²) >= 11 is 6.78. The first-order valence-electron chi connectivity index (χ1n) is 10.0. The SMILES string of the molecule is C[C@@H]1CN(c2ccn3c(CC4CC4)nnc3c2Cl)CC[C@@H]1c1ccccc1. The lowest BCUT2D eigenvalue weighted by Crippen LogP contribution is -2.38. The largest absolute Gasteiger partial charge is 0.370 e. The van der Waals surface area contributed by atoms with Crippen LogP contribution >= 0.6 is 11.6 Å². The third-order valence-corrected chi connectivity index (χ3v) is 6.57. The van der Waals surface area contributed by atoms with Crippen molar-refractivity contribution in [2.45, 2.75) is 38.5 Å². The van der Waals surface area contributed by atoms with Crippen LogP contribution in [-0.4, -0.2) is 27.7 Å². The molecule has 1 aromatic carbocycles. The fourth-order valence-corrected chi connectivity index (χ4v) is 4.80. The molecule has 0 amide bonds. The van der Waals surface area contributed by atoms with Gasteiger partial charge in [0.25, 0.3) is 0 Å². The molecule has 2 atom stereocenters. The molecule has 1 saturated carbocycles. The van der Waals surface area contributed by atoms with Crippen LogP contribution in [0.1, 0.15) is 43.5 Å². The molecule has 3 aromatic rings. The zero-order valence-electron chi connectivity index (χ0n) is 15.7. The Morgan fingerprint density at radius 1 is 1.07 bits per heavy atom. The van der Waals surface area contributed by atoms with Crippen LogP contribution in [-0.2, 0) is 6.42 Å². The number of hydrogen-bond donors (Lipinski definition) is 0. The molecule has 0 spiro atoms. The first-order valence-corrected chi connectivity index (χ1v) is 10.4. The topological polar surface area (TPSA) is 33.4 Å². The van der Waals surface area contributed by atoms with Gasteiger partial charge in [0.15, 0.2) is 5.65 Å². The molecule has 0 radical (unpaired) electrons. The maximum Gasteiger partial charge on any atom is 0.181 e. The molecule has 1 saturated heterocycles. The Kier molecular flexibility index (Phi) is 4.31. The number of rotatable bonds is 4. The highest BCUT2D eigenvalue weighted by atomic mass is 35.5. The minimum absolute atomic E-state index is 0.580. The minimum Gasteiger partial charge on any atom is -0.370 e. The van der Waals surface area contributed by atoms with Gasteiger partial charge in [-0.25, -0.2) is 0 Å². The molecule has 5 heteroatoms. The standard InChI is InChI=1S/C22H25ClN4/c1-15-14-26(11-9-18(15)17-5-3-2-4-6-17)19-10-12-27-20(13-16-7-8-16)24-25-22(27)21(19)23/h2-6,10,12,15-16,18H,7-9,11,13-14H2,1H3/t15-,18+/m1/s1. The Bertz CT molecular complexity index is 948. The number of fused-ring (bicyclic) bond motifs is 1. The van der Waals surface area contributed by atoms with Crippen molar-refractivity contribution in [2.24, 2.45) is 11.8 Å². The minimum atomic E-state index is 0.580. The maximum atomic E-state index is 6.78. The van der Waals surface area contributed by atoms with Crippen LogP contribution in [0, 0.1) is 11.8 Å². The molecule has 0 bridgehead atoms. The number of halogens is 1. The van der Waals surface area contributed by atoms with Crippen molar-refractivity contribution in [3.63, 3.8) is 0 Å². The lowest BCUT2D eigenvalue weighted by molar-refractivity contribution is 0.383. The predicted molar refractivity (Wildman–Crippen MR) is 110 cm³/mol. The molecule has 4 nitrogen and oxygen atoms in total. The van der Waals surface area contributed by atoms with Gasteiger partial charge in [0.1, 0.15) is 10.8 Å². The summed E-state index contributed by atoms with van der Waals surface area (Å²) in [5.41, 5.74) is 3.34. The van der Waals surface area contributed by atoms with Crippen molar-refractivity contribution in [2.75, 3.05) is 18.0 Å². The van der Waals surface area contributed by atoms with Gasteiger partial charge in [0, 0.05) is 25.7 Å². The molecule has 5 rings (SSSR count). The first kappa shape index (κ1) is 17.1. The van der Waals surface area contributed by atoms with E-state index in [9.17, 15) is 0 Å². The monoisotopic (exact) mass is 380 g/mol. The highest BCUT2D eigenvalue weighted by Gasteiger charge is 2.29. The highest BCUT2D eigenvalue weighted by Crippen LogP contribution is 2.38. The summed E-state index contributed by atoms with van der Waals surface area (Å²) in [4.78, 5) is 2.42. The Balaban J connectivity index is 1.38. The van der Waals surface area contributed by atoms with E-state index in [1.165, 1.54) is 18.4 Å². The summed E-state index contributed by atoms with van der Waals surface area (Å²) in [5.74, 6) is 3.02. The molecule has 27 heavy (non-hydrogen) atoms. The van der Waals surface area contributed by atoms with Crippen molar-refractivity contribution in [3.8, 4) is 0 Å². The van der Waals surface area contributed by atoms with Crippen molar-refractivity contribution >= 4 is 22.9 Å². The fourth-order valence-electron chi connectivity index (χ4n) is 4.49. The number of anilines is 1. The van der Waals surface area contributed by atoms with Crippen molar-refractivity contribution in [1.82, 2.24) is 14.6 Å². The summed E-state index contributed by atoms with van der Waals surface area (Å²) in [6, 6.07) is 13.0. The van der Waals surface area contributed by atoms with E-state index < -0.39 is 0 Å². The molecule has 2 aliphatic rings. The van der Waals surface area contributed by atoms with Crippen molar-refractivity contribution < 1.29 is 0 Å². The lowest BCUT2D eigenvalue weighted by atomic mass is 9.81. The predicted octanol–water partition coefficient (Wildman–Crippen LogP) is 4.97. The van der Waals surface area contributed by atoms with Gasteiger partial charge in [0.2, 0.25) is 0 Å².